The molecule has 0 aliphatic carbocycles. The quantitative estimate of drug-likeness (QED) is 0.517. The van der Waals surface area contributed by atoms with Crippen molar-refractivity contribution in [2.45, 2.75) is 19.9 Å². The van der Waals surface area contributed by atoms with Gasteiger partial charge in [0.05, 0.1) is 11.6 Å². The Labute approximate surface area is 183 Å². The van der Waals surface area contributed by atoms with E-state index in [0.717, 1.165) is 16.8 Å². The Morgan fingerprint density at radius 1 is 0.839 bits per heavy atom. The van der Waals surface area contributed by atoms with Crippen LogP contribution in [0, 0.1) is 6.92 Å². The lowest BCUT2D eigenvalue weighted by atomic mass is 10.1. The summed E-state index contributed by atoms with van der Waals surface area (Å²) in [6, 6.07) is 22.1. The second kappa shape index (κ2) is 9.80. The molecular formula is C25H28N4O2. The number of nitrogens with one attached hydrogen (secondary N) is 3. The van der Waals surface area contributed by atoms with Gasteiger partial charge in [-0.1, -0.05) is 42.5 Å². The van der Waals surface area contributed by atoms with Crippen LogP contribution in [0.25, 0.3) is 0 Å². The molecule has 160 valence electrons. The standard InChI is InChI=1S/C25H28N4O2/c1-17-9-8-12-20(15-17)27-25(31)28-21-13-14-23(29(3)4)22(16-21)24(30)26-18(2)19-10-6-5-7-11-19/h5-16,18H,1-4H3,(H,26,30)(H2,27,28,31)/t18-/m0/s1. The molecular weight excluding hydrogens is 388 g/mol. The molecule has 3 rings (SSSR count). The fourth-order valence-electron chi connectivity index (χ4n) is 3.30. The van der Waals surface area contributed by atoms with Gasteiger partial charge in [-0.2, -0.15) is 0 Å². The molecule has 31 heavy (non-hydrogen) atoms. The minimum atomic E-state index is -0.368. The number of nitrogens with zero attached hydrogens (tertiary/aromatic N) is 1. The average molecular weight is 417 g/mol. The summed E-state index contributed by atoms with van der Waals surface area (Å²) < 4.78 is 0. The van der Waals surface area contributed by atoms with E-state index in [1.165, 1.54) is 0 Å². The molecule has 1 atom stereocenters. The Hall–Kier alpha value is -3.80. The zero-order valence-electron chi connectivity index (χ0n) is 18.3. The number of hydrogen-bond donors (Lipinski definition) is 3. The largest absolute Gasteiger partial charge is 0.377 e. The highest BCUT2D eigenvalue weighted by Crippen LogP contribution is 2.24. The van der Waals surface area contributed by atoms with Crippen LogP contribution in [0.1, 0.15) is 34.5 Å². The van der Waals surface area contributed by atoms with Crippen molar-refractivity contribution in [1.29, 1.82) is 0 Å². The molecule has 0 radical (unpaired) electrons. The molecule has 0 fully saturated rings. The van der Waals surface area contributed by atoms with Crippen molar-refractivity contribution in [3.05, 3.63) is 89.5 Å². The van der Waals surface area contributed by atoms with Gasteiger partial charge in [0.15, 0.2) is 0 Å². The SMILES string of the molecule is Cc1cccc(NC(=O)Nc2ccc(N(C)C)c(C(=O)N[C@@H](C)c3ccccc3)c2)c1. The van der Waals surface area contributed by atoms with Gasteiger partial charge in [0, 0.05) is 31.2 Å². The van der Waals surface area contributed by atoms with Crippen LogP contribution in [-0.2, 0) is 0 Å². The first-order chi connectivity index (χ1) is 14.8. The van der Waals surface area contributed by atoms with E-state index in [2.05, 4.69) is 16.0 Å². The summed E-state index contributed by atoms with van der Waals surface area (Å²) in [6.07, 6.45) is 0. The Morgan fingerprint density at radius 2 is 1.52 bits per heavy atom. The van der Waals surface area contributed by atoms with Gasteiger partial charge in [0.25, 0.3) is 5.91 Å². The Balaban J connectivity index is 1.77. The number of anilines is 3. The first-order valence-electron chi connectivity index (χ1n) is 10.2. The number of aryl methyl sites for hydroxylation is 1. The van der Waals surface area contributed by atoms with Gasteiger partial charge >= 0.3 is 6.03 Å². The highest BCUT2D eigenvalue weighted by atomic mass is 16.2. The molecule has 3 N–H and O–H groups in total. The summed E-state index contributed by atoms with van der Waals surface area (Å²) in [5.74, 6) is -0.206. The van der Waals surface area contributed by atoms with Gasteiger partial charge in [0.1, 0.15) is 0 Å². The molecule has 0 spiro atoms. The van der Waals surface area contributed by atoms with Crippen molar-refractivity contribution in [1.82, 2.24) is 5.32 Å². The third-order valence-corrected chi connectivity index (χ3v) is 4.90. The summed E-state index contributed by atoms with van der Waals surface area (Å²) in [5.41, 5.74) is 4.57. The number of hydrogen-bond acceptors (Lipinski definition) is 3. The van der Waals surface area contributed by atoms with E-state index in [1.807, 2.05) is 93.5 Å². The van der Waals surface area contributed by atoms with Crippen LogP contribution in [-0.4, -0.2) is 26.0 Å². The molecule has 0 aliphatic rings. The maximum absolute atomic E-state index is 13.1. The first-order valence-corrected chi connectivity index (χ1v) is 10.2. The highest BCUT2D eigenvalue weighted by Gasteiger charge is 2.17. The Morgan fingerprint density at radius 3 is 2.16 bits per heavy atom. The highest BCUT2D eigenvalue weighted by molar-refractivity contribution is 6.04. The first kappa shape index (κ1) is 21.9. The fourth-order valence-corrected chi connectivity index (χ4v) is 3.30. The summed E-state index contributed by atoms with van der Waals surface area (Å²) >= 11 is 0. The maximum Gasteiger partial charge on any atom is 0.323 e. The van der Waals surface area contributed by atoms with Crippen LogP contribution in [0.5, 0.6) is 0 Å². The van der Waals surface area contributed by atoms with Crippen LogP contribution in [0.2, 0.25) is 0 Å². The van der Waals surface area contributed by atoms with Crippen molar-refractivity contribution >= 4 is 29.0 Å². The summed E-state index contributed by atoms with van der Waals surface area (Å²) in [5, 5.41) is 8.66. The molecule has 3 amide bonds. The number of rotatable bonds is 6. The monoisotopic (exact) mass is 416 g/mol. The second-order valence-corrected chi connectivity index (χ2v) is 7.68. The van der Waals surface area contributed by atoms with E-state index in [1.54, 1.807) is 12.1 Å². The fraction of sp³-hybridized carbons (Fsp3) is 0.200. The summed E-state index contributed by atoms with van der Waals surface area (Å²) in [7, 11) is 3.76. The van der Waals surface area contributed by atoms with Crippen LogP contribution in [0.3, 0.4) is 0 Å². The van der Waals surface area contributed by atoms with Crippen molar-refractivity contribution in [3.8, 4) is 0 Å². The lowest BCUT2D eigenvalue weighted by molar-refractivity contribution is 0.0940. The normalized spacial score (nSPS) is 11.4. The van der Waals surface area contributed by atoms with Gasteiger partial charge in [-0.25, -0.2) is 4.79 Å². The lowest BCUT2D eigenvalue weighted by Gasteiger charge is -2.20. The molecule has 3 aromatic carbocycles. The van der Waals surface area contributed by atoms with Crippen LogP contribution in [0.15, 0.2) is 72.8 Å². The van der Waals surface area contributed by atoms with E-state index < -0.39 is 0 Å². The Kier molecular flexibility index (Phi) is 6.92. The number of carbonyl (C=O) groups is 2. The van der Waals surface area contributed by atoms with Gasteiger partial charge in [-0.05, 0) is 55.3 Å². The molecule has 3 aromatic rings. The van der Waals surface area contributed by atoms with E-state index in [-0.39, 0.29) is 18.0 Å². The molecule has 0 bridgehead atoms. The number of urea groups is 1. The molecule has 0 aromatic heterocycles. The van der Waals surface area contributed by atoms with E-state index in [9.17, 15) is 9.59 Å². The number of amides is 3. The lowest BCUT2D eigenvalue weighted by Crippen LogP contribution is -2.28. The molecule has 0 saturated carbocycles. The van der Waals surface area contributed by atoms with Gasteiger partial charge in [-0.15, -0.1) is 0 Å². The van der Waals surface area contributed by atoms with Crippen molar-refractivity contribution in [3.63, 3.8) is 0 Å². The van der Waals surface area contributed by atoms with Crippen LogP contribution < -0.4 is 20.9 Å². The smallest absolute Gasteiger partial charge is 0.323 e. The third kappa shape index (κ3) is 5.85. The molecule has 0 unspecified atom stereocenters. The summed E-state index contributed by atoms with van der Waals surface area (Å²) in [6.45, 7) is 3.91. The zero-order chi connectivity index (χ0) is 22.4. The zero-order valence-corrected chi connectivity index (χ0v) is 18.3. The minimum absolute atomic E-state index is 0.148. The van der Waals surface area contributed by atoms with E-state index >= 15 is 0 Å². The molecule has 0 aliphatic heterocycles. The topological polar surface area (TPSA) is 73.5 Å². The maximum atomic E-state index is 13.1. The van der Waals surface area contributed by atoms with E-state index in [0.29, 0.717) is 16.9 Å². The number of benzene rings is 3. The molecule has 0 saturated heterocycles. The summed E-state index contributed by atoms with van der Waals surface area (Å²) in [4.78, 5) is 27.4. The van der Waals surface area contributed by atoms with Crippen LogP contribution in [0.4, 0.5) is 21.9 Å². The molecule has 6 nitrogen and oxygen atoms in total. The molecule has 0 heterocycles. The third-order valence-electron chi connectivity index (χ3n) is 4.90. The average Bonchev–Trinajstić information content (AvgIpc) is 2.74. The van der Waals surface area contributed by atoms with Gasteiger partial charge in [0.2, 0.25) is 0 Å². The van der Waals surface area contributed by atoms with E-state index in [4.69, 9.17) is 0 Å². The minimum Gasteiger partial charge on any atom is -0.377 e. The predicted molar refractivity (Wildman–Crippen MR) is 127 cm³/mol. The van der Waals surface area contributed by atoms with Gasteiger partial charge in [-0.3, -0.25) is 4.79 Å². The predicted octanol–water partition coefficient (Wildman–Crippen LogP) is 5.20. The van der Waals surface area contributed by atoms with Crippen molar-refractivity contribution < 1.29 is 9.59 Å². The second-order valence-electron chi connectivity index (χ2n) is 7.68. The Bertz CT molecular complexity index is 1060. The van der Waals surface area contributed by atoms with Crippen LogP contribution >= 0.6 is 0 Å². The molecule has 6 heteroatoms. The number of carbonyl (C=O) groups excluding carboxylic acids is 2. The van der Waals surface area contributed by atoms with Crippen molar-refractivity contribution in [2.75, 3.05) is 29.6 Å². The van der Waals surface area contributed by atoms with Crippen molar-refractivity contribution in [2.24, 2.45) is 0 Å². The van der Waals surface area contributed by atoms with Gasteiger partial charge < -0.3 is 20.9 Å².